The minimum Gasteiger partial charge on any atom is -0.465 e. The summed E-state index contributed by atoms with van der Waals surface area (Å²) >= 11 is 0. The first-order valence-corrected chi connectivity index (χ1v) is 10.8. The fraction of sp³-hybridized carbons (Fsp3) is 0.632. The smallest absolute Gasteiger partial charge is 0.407 e. The van der Waals surface area contributed by atoms with Gasteiger partial charge in [-0.15, -0.1) is 0 Å². The average Bonchev–Trinajstić information content (AvgIpc) is 3.04. The fourth-order valence-corrected chi connectivity index (χ4v) is 4.35. The van der Waals surface area contributed by atoms with Crippen molar-refractivity contribution in [2.75, 3.05) is 26.0 Å². The quantitative estimate of drug-likeness (QED) is 0.650. The van der Waals surface area contributed by atoms with Crippen molar-refractivity contribution >= 4 is 16.2 Å². The van der Waals surface area contributed by atoms with Crippen LogP contribution in [0.1, 0.15) is 32.3 Å². The maximum absolute atomic E-state index is 11.4. The number of amides is 1. The topological polar surface area (TPSA) is 104 Å². The molecule has 1 aliphatic heterocycles. The molecule has 7 nitrogen and oxygen atoms in total. The molecule has 2 unspecified atom stereocenters. The van der Waals surface area contributed by atoms with Gasteiger partial charge in [0.2, 0.25) is 0 Å². The van der Waals surface area contributed by atoms with Crippen LogP contribution in [0, 0.1) is 10.8 Å². The number of aliphatic hydroxyl groups is 1. The highest BCUT2D eigenvalue weighted by molar-refractivity contribution is 7.85. The van der Waals surface area contributed by atoms with E-state index in [4.69, 9.17) is 4.18 Å². The van der Waals surface area contributed by atoms with Gasteiger partial charge in [-0.25, -0.2) is 4.79 Å². The number of hydrogen-bond acceptors (Lipinski definition) is 5. The first kappa shape index (κ1) is 21.7. The predicted octanol–water partition coefficient (Wildman–Crippen LogP) is 2.35. The summed E-state index contributed by atoms with van der Waals surface area (Å²) in [5, 5.41) is 20.6. The number of benzene rings is 1. The number of hydrogen-bond donors (Lipinski definition) is 2. The maximum Gasteiger partial charge on any atom is 0.407 e. The number of carbonyl (C=O) groups is 1. The molecule has 1 fully saturated rings. The number of likely N-dealkylation sites (tertiary alicyclic amines) is 1. The van der Waals surface area contributed by atoms with E-state index in [1.807, 2.05) is 30.3 Å². The summed E-state index contributed by atoms with van der Waals surface area (Å²) in [4.78, 5) is 12.8. The van der Waals surface area contributed by atoms with Crippen molar-refractivity contribution in [2.24, 2.45) is 10.8 Å². The molecule has 2 atom stereocenters. The first-order valence-electron chi connectivity index (χ1n) is 8.99. The van der Waals surface area contributed by atoms with Crippen LogP contribution in [-0.2, 0) is 20.7 Å². The van der Waals surface area contributed by atoms with E-state index in [1.54, 1.807) is 13.8 Å². The summed E-state index contributed by atoms with van der Waals surface area (Å²) in [5.74, 6) is 0. The predicted molar refractivity (Wildman–Crippen MR) is 102 cm³/mol. The van der Waals surface area contributed by atoms with E-state index >= 15 is 0 Å². The third-order valence-corrected chi connectivity index (χ3v) is 5.92. The average molecular weight is 400 g/mol. The molecule has 0 aromatic heterocycles. The van der Waals surface area contributed by atoms with Gasteiger partial charge in [-0.05, 0) is 24.8 Å². The van der Waals surface area contributed by atoms with Crippen molar-refractivity contribution in [1.29, 1.82) is 0 Å². The van der Waals surface area contributed by atoms with Gasteiger partial charge in [0.25, 0.3) is 10.1 Å². The second-order valence-corrected chi connectivity index (χ2v) is 9.80. The van der Waals surface area contributed by atoms with Gasteiger partial charge in [0, 0.05) is 23.9 Å². The van der Waals surface area contributed by atoms with Crippen LogP contribution in [0.3, 0.4) is 0 Å². The minimum absolute atomic E-state index is 0.160. The van der Waals surface area contributed by atoms with Crippen LogP contribution in [0.15, 0.2) is 30.3 Å². The zero-order valence-corrected chi connectivity index (χ0v) is 16.9. The van der Waals surface area contributed by atoms with Gasteiger partial charge >= 0.3 is 6.09 Å². The van der Waals surface area contributed by atoms with Gasteiger partial charge in [-0.1, -0.05) is 44.2 Å². The summed E-state index contributed by atoms with van der Waals surface area (Å²) in [6, 6.07) is 9.83. The Labute approximate surface area is 161 Å². The molecule has 1 aromatic carbocycles. The van der Waals surface area contributed by atoms with E-state index in [-0.39, 0.29) is 13.2 Å². The Balaban J connectivity index is 2.22. The number of carboxylic acid groups (broad SMARTS) is 1. The third kappa shape index (κ3) is 5.67. The van der Waals surface area contributed by atoms with E-state index in [0.717, 1.165) is 11.8 Å². The maximum atomic E-state index is 11.4. The van der Waals surface area contributed by atoms with Crippen LogP contribution < -0.4 is 0 Å². The molecule has 0 saturated carbocycles. The highest BCUT2D eigenvalue weighted by atomic mass is 32.2. The molecule has 8 heteroatoms. The zero-order chi connectivity index (χ0) is 20.3. The van der Waals surface area contributed by atoms with Crippen LogP contribution in [0.5, 0.6) is 0 Å². The Morgan fingerprint density at radius 3 is 2.48 bits per heavy atom. The van der Waals surface area contributed by atoms with Crippen molar-refractivity contribution < 1.29 is 27.6 Å². The fourth-order valence-electron chi connectivity index (χ4n) is 3.83. The number of aliphatic hydroxyl groups excluding tert-OH is 1. The molecule has 1 aliphatic rings. The van der Waals surface area contributed by atoms with Gasteiger partial charge in [-0.3, -0.25) is 4.18 Å². The lowest BCUT2D eigenvalue weighted by molar-refractivity contribution is -0.0724. The van der Waals surface area contributed by atoms with E-state index in [9.17, 15) is 23.4 Å². The van der Waals surface area contributed by atoms with Crippen LogP contribution in [-0.4, -0.2) is 61.7 Å². The highest BCUT2D eigenvalue weighted by Crippen LogP contribution is 2.45. The lowest BCUT2D eigenvalue weighted by Crippen LogP contribution is -2.49. The second kappa shape index (κ2) is 8.16. The van der Waals surface area contributed by atoms with Crippen LogP contribution >= 0.6 is 0 Å². The molecule has 0 spiro atoms. The lowest BCUT2D eigenvalue weighted by atomic mass is 9.67. The molecule has 0 bridgehead atoms. The summed E-state index contributed by atoms with van der Waals surface area (Å²) < 4.78 is 27.7. The van der Waals surface area contributed by atoms with Crippen molar-refractivity contribution in [1.82, 2.24) is 4.90 Å². The Kier molecular flexibility index (Phi) is 6.55. The Morgan fingerprint density at radius 2 is 1.96 bits per heavy atom. The minimum atomic E-state index is -3.63. The first-order chi connectivity index (χ1) is 12.5. The number of aryl methyl sites for hydroxylation is 1. The van der Waals surface area contributed by atoms with Gasteiger partial charge in [-0.2, -0.15) is 8.42 Å². The van der Waals surface area contributed by atoms with E-state index in [0.29, 0.717) is 25.8 Å². The molecule has 1 aromatic rings. The molecule has 152 valence electrons. The Bertz CT molecular complexity index is 749. The second-order valence-electron chi connectivity index (χ2n) is 8.16. The number of rotatable bonds is 8. The molecule has 1 saturated heterocycles. The molecule has 27 heavy (non-hydrogen) atoms. The van der Waals surface area contributed by atoms with Gasteiger partial charge < -0.3 is 15.1 Å². The summed E-state index contributed by atoms with van der Waals surface area (Å²) in [6.07, 6.45) is 0.880. The third-order valence-electron chi connectivity index (χ3n) is 5.38. The Morgan fingerprint density at radius 1 is 1.33 bits per heavy atom. The van der Waals surface area contributed by atoms with Gasteiger partial charge in [0.05, 0.1) is 19.0 Å². The number of nitrogens with zero attached hydrogens (tertiary/aromatic N) is 1. The monoisotopic (exact) mass is 399 g/mol. The summed E-state index contributed by atoms with van der Waals surface area (Å²) in [5.41, 5.74) is -0.393. The lowest BCUT2D eigenvalue weighted by Gasteiger charge is -2.43. The molecule has 1 heterocycles. The van der Waals surface area contributed by atoms with Crippen molar-refractivity contribution in [3.63, 3.8) is 0 Å². The molecule has 1 amide bonds. The molecule has 2 N–H and O–H groups in total. The molecular formula is C19H29NO6S. The SMILES string of the molecule is CC(C)(COS(C)(=O)=O)C(O)C1(CCc2ccccc2)CCN(C(=O)O)C1. The molecular weight excluding hydrogens is 370 g/mol. The van der Waals surface area contributed by atoms with E-state index < -0.39 is 33.1 Å². The largest absolute Gasteiger partial charge is 0.465 e. The summed E-state index contributed by atoms with van der Waals surface area (Å²) in [6.45, 7) is 3.91. The van der Waals surface area contributed by atoms with Crippen molar-refractivity contribution in [3.8, 4) is 0 Å². The van der Waals surface area contributed by atoms with Crippen LogP contribution in [0.25, 0.3) is 0 Å². The van der Waals surface area contributed by atoms with Crippen LogP contribution in [0.2, 0.25) is 0 Å². The van der Waals surface area contributed by atoms with Crippen LogP contribution in [0.4, 0.5) is 4.79 Å². The van der Waals surface area contributed by atoms with Crippen molar-refractivity contribution in [2.45, 2.75) is 39.2 Å². The Hall–Kier alpha value is -1.64. The van der Waals surface area contributed by atoms with Gasteiger partial charge in [0.1, 0.15) is 0 Å². The van der Waals surface area contributed by atoms with E-state index in [2.05, 4.69) is 0 Å². The highest BCUT2D eigenvalue weighted by Gasteiger charge is 2.50. The van der Waals surface area contributed by atoms with E-state index in [1.165, 1.54) is 4.90 Å². The standard InChI is InChI=1S/C19H29NO6S/c1-18(2,14-26-27(3,24)25)16(21)19(11-12-20(13-19)17(22)23)10-9-15-7-5-4-6-8-15/h4-8,16,21H,9-14H2,1-3H3,(H,22,23). The molecule has 0 radical (unpaired) electrons. The summed E-state index contributed by atoms with van der Waals surface area (Å²) in [7, 11) is -3.63. The zero-order valence-electron chi connectivity index (χ0n) is 16.1. The van der Waals surface area contributed by atoms with Gasteiger partial charge in [0.15, 0.2) is 0 Å². The normalized spacial score (nSPS) is 22.0. The molecule has 0 aliphatic carbocycles. The van der Waals surface area contributed by atoms with Crippen molar-refractivity contribution in [3.05, 3.63) is 35.9 Å². The molecule has 2 rings (SSSR count).